The Morgan fingerprint density at radius 3 is 0.886 bits per heavy atom. The van der Waals surface area contributed by atoms with E-state index >= 15 is 0 Å². The lowest BCUT2D eigenvalue weighted by Crippen LogP contribution is -1.97. The van der Waals surface area contributed by atoms with Crippen molar-refractivity contribution in [1.29, 1.82) is 0 Å². The summed E-state index contributed by atoms with van der Waals surface area (Å²) >= 11 is 0. The molecular weight excluding hydrogens is 565 g/mol. The molecule has 0 amide bonds. The van der Waals surface area contributed by atoms with Gasteiger partial charge >= 0.3 is 7.82 Å². The van der Waals surface area contributed by atoms with Crippen LogP contribution in [0.2, 0.25) is 0 Å². The van der Waals surface area contributed by atoms with Crippen LogP contribution in [0, 0.1) is 0 Å². The molecule has 0 rings (SSSR count). The van der Waals surface area contributed by atoms with Gasteiger partial charge in [0.2, 0.25) is 0 Å². The summed E-state index contributed by atoms with van der Waals surface area (Å²) in [7, 11) is -4.64. The van der Waals surface area contributed by atoms with Crippen LogP contribution in [0.1, 0.15) is 232 Å². The third-order valence-corrected chi connectivity index (χ3v) is 8.78. The number of unbranched alkanes of at least 4 members (excludes halogenated alkanes) is 31. The van der Waals surface area contributed by atoms with E-state index in [1.807, 2.05) is 0 Å². The van der Waals surface area contributed by atoms with E-state index in [-0.39, 0.29) is 0 Å². The van der Waals surface area contributed by atoms with Gasteiger partial charge in [0.05, 0.1) is 0 Å². The molecule has 0 aromatic heterocycles. The van der Waals surface area contributed by atoms with Crippen molar-refractivity contribution >= 4 is 7.82 Å². The molecule has 0 aliphatic rings. The summed E-state index contributed by atoms with van der Waals surface area (Å²) in [4.78, 5) is 21.6. The molecule has 0 fully saturated rings. The largest absolute Gasteiger partial charge is 0.466 e. The fraction of sp³-hybridized carbons (Fsp3) is 0.947. The van der Waals surface area contributed by atoms with Gasteiger partial charge in [-0.25, -0.2) is 4.57 Å². The quantitative estimate of drug-likeness (QED) is 0.0412. The lowest BCUT2D eigenvalue weighted by atomic mass is 10.0. The molecule has 0 radical (unpaired) electrons. The minimum atomic E-state index is -4.64. The Morgan fingerprint density at radius 2 is 0.636 bits per heavy atom. The van der Waals surface area contributed by atoms with E-state index in [9.17, 15) is 0 Å². The minimum absolute atomic E-state index is 1.12. The van der Waals surface area contributed by atoms with E-state index in [4.69, 9.17) is 25.0 Å². The highest BCUT2D eigenvalue weighted by molar-refractivity contribution is 7.45. The summed E-state index contributed by atoms with van der Waals surface area (Å²) in [5.41, 5.74) is 7.42. The second-order valence-electron chi connectivity index (χ2n) is 13.4. The summed E-state index contributed by atoms with van der Waals surface area (Å²) in [5.74, 6) is 0. The summed E-state index contributed by atoms with van der Waals surface area (Å²) in [6.07, 6.45) is 50.6. The molecule has 0 bridgehead atoms. The number of hydrogen-bond acceptors (Lipinski definition) is 2. The Hall–Kier alpha value is -0.350. The van der Waals surface area contributed by atoms with Gasteiger partial charge in [0.25, 0.3) is 0 Å². The van der Waals surface area contributed by atoms with Gasteiger partial charge in [-0.3, -0.25) is 0 Å². The Kier molecular flexibility index (Phi) is 40.4. The second-order valence-corrected chi connectivity index (χ2v) is 14.5. The third kappa shape index (κ3) is 51.2. The highest BCUT2D eigenvalue weighted by Crippen LogP contribution is 2.25. The zero-order valence-electron chi connectivity index (χ0n) is 29.9. The van der Waals surface area contributed by atoms with Crippen LogP contribution in [0.5, 0.6) is 0 Å². The van der Waals surface area contributed by atoms with Gasteiger partial charge in [0.15, 0.2) is 0 Å². The molecule has 0 spiro atoms. The van der Waals surface area contributed by atoms with Gasteiger partial charge in [-0.05, 0) is 25.7 Å². The summed E-state index contributed by atoms with van der Waals surface area (Å²) in [6.45, 7) is 4.61. The molecule has 0 aromatic rings. The number of rotatable bonds is 34. The molecule has 0 aliphatic heterocycles. The van der Waals surface area contributed by atoms with Crippen molar-refractivity contribution in [1.82, 2.24) is 0 Å². The zero-order valence-corrected chi connectivity index (χ0v) is 30.8. The standard InChI is InChI=1S/C38H77N.H3O4P/c1-3-5-7-9-11-13-15-17-19-21-23-25-27-29-31-33-35-37-38(39)36-34-32-30-28-26-24-22-20-18-16-14-12-10-8-6-4-2;1-5(2,3)4/h37H,3-36,39H2,1-2H3;(H3,1,2,3,4). The van der Waals surface area contributed by atoms with E-state index in [1.54, 1.807) is 0 Å². The fourth-order valence-electron chi connectivity index (χ4n) is 5.96. The Labute approximate surface area is 276 Å². The third-order valence-electron chi connectivity index (χ3n) is 8.78. The van der Waals surface area contributed by atoms with Gasteiger partial charge in [-0.1, -0.05) is 213 Å². The molecular formula is C38H80NO4P. The van der Waals surface area contributed by atoms with Crippen molar-refractivity contribution in [2.45, 2.75) is 232 Å². The lowest BCUT2D eigenvalue weighted by molar-refractivity contribution is 0.275. The molecule has 0 saturated carbocycles. The molecule has 0 aromatic carbocycles. The van der Waals surface area contributed by atoms with Gasteiger partial charge in [-0.15, -0.1) is 0 Å². The fourth-order valence-corrected chi connectivity index (χ4v) is 5.96. The molecule has 0 unspecified atom stereocenters. The van der Waals surface area contributed by atoms with Crippen molar-refractivity contribution < 1.29 is 19.2 Å². The van der Waals surface area contributed by atoms with E-state index < -0.39 is 7.82 Å². The average molecular weight is 646 g/mol. The van der Waals surface area contributed by atoms with Gasteiger partial charge in [0.1, 0.15) is 0 Å². The van der Waals surface area contributed by atoms with Gasteiger partial charge < -0.3 is 20.4 Å². The predicted octanol–water partition coefficient (Wildman–Crippen LogP) is 13.2. The molecule has 0 saturated heterocycles. The van der Waals surface area contributed by atoms with Crippen LogP contribution in [0.25, 0.3) is 0 Å². The topological polar surface area (TPSA) is 104 Å². The average Bonchev–Trinajstić information content (AvgIpc) is 2.97. The smallest absolute Gasteiger partial charge is 0.402 e. The predicted molar refractivity (Wildman–Crippen MR) is 195 cm³/mol. The molecule has 5 N–H and O–H groups in total. The first-order chi connectivity index (χ1) is 21.3. The summed E-state index contributed by atoms with van der Waals surface area (Å²) in [5, 5.41) is 0. The van der Waals surface area contributed by atoms with Crippen LogP contribution >= 0.6 is 7.82 Å². The molecule has 6 heteroatoms. The maximum atomic E-state index is 8.88. The SMILES string of the molecule is CCCCCCCCCCCCCCCCCCC=C(N)CCCCCCCCCCCCCCCCCC.O=P(O)(O)O. The summed E-state index contributed by atoms with van der Waals surface area (Å²) < 4.78 is 8.88. The second kappa shape index (κ2) is 38.8. The van der Waals surface area contributed by atoms with E-state index in [2.05, 4.69) is 19.9 Å². The van der Waals surface area contributed by atoms with E-state index in [0.29, 0.717) is 0 Å². The number of hydrogen-bond donors (Lipinski definition) is 4. The molecule has 266 valence electrons. The molecule has 0 atom stereocenters. The molecule has 0 aliphatic carbocycles. The molecule has 5 nitrogen and oxygen atoms in total. The highest BCUT2D eigenvalue weighted by Gasteiger charge is 2.00. The van der Waals surface area contributed by atoms with Crippen molar-refractivity contribution in [3.8, 4) is 0 Å². The molecule has 0 heterocycles. The lowest BCUT2D eigenvalue weighted by Gasteiger charge is -2.05. The van der Waals surface area contributed by atoms with Crippen molar-refractivity contribution in [3.63, 3.8) is 0 Å². The van der Waals surface area contributed by atoms with Crippen LogP contribution in [0.4, 0.5) is 0 Å². The number of nitrogens with two attached hydrogens (primary N) is 1. The zero-order chi connectivity index (χ0) is 32.8. The van der Waals surface area contributed by atoms with E-state index in [0.717, 1.165) is 12.1 Å². The number of phosphoric acid groups is 1. The Balaban J connectivity index is 0. The van der Waals surface area contributed by atoms with E-state index in [1.165, 1.54) is 212 Å². The molecule has 44 heavy (non-hydrogen) atoms. The van der Waals surface area contributed by atoms with Gasteiger partial charge in [-0.2, -0.15) is 0 Å². The Bertz CT molecular complexity index is 599. The number of allylic oxidation sites excluding steroid dienone is 2. The van der Waals surface area contributed by atoms with Crippen molar-refractivity contribution in [3.05, 3.63) is 11.8 Å². The maximum Gasteiger partial charge on any atom is 0.466 e. The first kappa shape index (κ1) is 45.8. The van der Waals surface area contributed by atoms with Crippen LogP contribution in [-0.4, -0.2) is 14.7 Å². The normalized spacial score (nSPS) is 12.0. The summed E-state index contributed by atoms with van der Waals surface area (Å²) in [6, 6.07) is 0. The minimum Gasteiger partial charge on any atom is -0.402 e. The maximum absolute atomic E-state index is 8.88. The van der Waals surface area contributed by atoms with Crippen molar-refractivity contribution in [2.75, 3.05) is 0 Å². The van der Waals surface area contributed by atoms with Crippen molar-refractivity contribution in [2.24, 2.45) is 5.73 Å². The first-order valence-corrected chi connectivity index (χ1v) is 21.1. The Morgan fingerprint density at radius 1 is 0.432 bits per heavy atom. The first-order valence-electron chi connectivity index (χ1n) is 19.5. The van der Waals surface area contributed by atoms with Crippen LogP contribution in [-0.2, 0) is 4.57 Å². The van der Waals surface area contributed by atoms with Crippen LogP contribution in [0.3, 0.4) is 0 Å². The van der Waals surface area contributed by atoms with Crippen LogP contribution in [0.15, 0.2) is 11.8 Å². The monoisotopic (exact) mass is 646 g/mol. The van der Waals surface area contributed by atoms with Crippen LogP contribution < -0.4 is 5.73 Å². The van der Waals surface area contributed by atoms with Gasteiger partial charge in [0, 0.05) is 5.70 Å². The highest BCUT2D eigenvalue weighted by atomic mass is 31.2.